The van der Waals surface area contributed by atoms with Gasteiger partial charge in [-0.25, -0.2) is 4.79 Å². The third-order valence-corrected chi connectivity index (χ3v) is 3.83. The Balaban J connectivity index is 2.68. The smallest absolute Gasteiger partial charge is 0.319 e. The SMILES string of the molecule is CCc1cccc(C)c1NC(=O)NCC(C)(O)C(C)C. The van der Waals surface area contributed by atoms with E-state index in [4.69, 9.17) is 0 Å². The van der Waals surface area contributed by atoms with E-state index in [2.05, 4.69) is 17.6 Å². The first-order chi connectivity index (χ1) is 9.27. The van der Waals surface area contributed by atoms with Crippen LogP contribution in [-0.4, -0.2) is 23.3 Å². The number of aliphatic hydroxyl groups is 1. The van der Waals surface area contributed by atoms with Crippen molar-refractivity contribution in [3.63, 3.8) is 0 Å². The molecule has 1 unspecified atom stereocenters. The molecular weight excluding hydrogens is 252 g/mol. The maximum atomic E-state index is 12.0. The van der Waals surface area contributed by atoms with E-state index in [-0.39, 0.29) is 18.5 Å². The monoisotopic (exact) mass is 278 g/mol. The number of anilines is 1. The van der Waals surface area contributed by atoms with Crippen molar-refractivity contribution in [2.24, 2.45) is 5.92 Å². The van der Waals surface area contributed by atoms with Crippen LogP contribution in [0.2, 0.25) is 0 Å². The van der Waals surface area contributed by atoms with Crippen molar-refractivity contribution in [1.82, 2.24) is 5.32 Å². The lowest BCUT2D eigenvalue weighted by Gasteiger charge is -2.28. The van der Waals surface area contributed by atoms with Crippen molar-refractivity contribution in [2.45, 2.75) is 46.6 Å². The molecule has 0 fully saturated rings. The molecule has 0 saturated heterocycles. The molecule has 1 rings (SSSR count). The van der Waals surface area contributed by atoms with Crippen LogP contribution in [0.4, 0.5) is 10.5 Å². The molecule has 0 aliphatic carbocycles. The van der Waals surface area contributed by atoms with E-state index in [0.717, 1.165) is 23.2 Å². The van der Waals surface area contributed by atoms with E-state index in [1.54, 1.807) is 6.92 Å². The summed E-state index contributed by atoms with van der Waals surface area (Å²) >= 11 is 0. The summed E-state index contributed by atoms with van der Waals surface area (Å²) < 4.78 is 0. The Morgan fingerprint density at radius 1 is 1.40 bits per heavy atom. The Bertz CT molecular complexity index is 468. The van der Waals surface area contributed by atoms with Crippen LogP contribution >= 0.6 is 0 Å². The topological polar surface area (TPSA) is 61.4 Å². The highest BCUT2D eigenvalue weighted by Crippen LogP contribution is 2.21. The minimum absolute atomic E-state index is 0.0764. The van der Waals surface area contributed by atoms with Crippen molar-refractivity contribution >= 4 is 11.7 Å². The predicted octanol–water partition coefficient (Wildman–Crippen LogP) is 3.09. The summed E-state index contributed by atoms with van der Waals surface area (Å²) in [6.07, 6.45) is 0.862. The third kappa shape index (κ3) is 4.23. The quantitative estimate of drug-likeness (QED) is 0.775. The van der Waals surface area contributed by atoms with Crippen molar-refractivity contribution in [2.75, 3.05) is 11.9 Å². The third-order valence-electron chi connectivity index (χ3n) is 3.83. The average Bonchev–Trinajstić information content (AvgIpc) is 2.38. The van der Waals surface area contributed by atoms with Gasteiger partial charge in [0.25, 0.3) is 0 Å². The van der Waals surface area contributed by atoms with Crippen LogP contribution in [-0.2, 0) is 6.42 Å². The van der Waals surface area contributed by atoms with Gasteiger partial charge in [-0.15, -0.1) is 0 Å². The number of carbonyl (C=O) groups excluding carboxylic acids is 1. The molecule has 20 heavy (non-hydrogen) atoms. The first kappa shape index (κ1) is 16.5. The zero-order valence-electron chi connectivity index (χ0n) is 13.1. The highest BCUT2D eigenvalue weighted by atomic mass is 16.3. The summed E-state index contributed by atoms with van der Waals surface area (Å²) in [5.74, 6) is 0.0764. The van der Waals surface area contributed by atoms with Gasteiger partial charge in [0.2, 0.25) is 0 Å². The molecule has 2 amide bonds. The maximum absolute atomic E-state index is 12.0. The van der Waals surface area contributed by atoms with Gasteiger partial charge in [-0.05, 0) is 37.3 Å². The van der Waals surface area contributed by atoms with Gasteiger partial charge in [-0.3, -0.25) is 0 Å². The zero-order valence-corrected chi connectivity index (χ0v) is 13.1. The molecule has 0 spiro atoms. The predicted molar refractivity (Wildman–Crippen MR) is 83.0 cm³/mol. The van der Waals surface area contributed by atoms with Crippen LogP contribution in [0, 0.1) is 12.8 Å². The number of urea groups is 1. The molecular formula is C16H26N2O2. The average molecular weight is 278 g/mol. The molecule has 0 aliphatic rings. The molecule has 4 nitrogen and oxygen atoms in total. The highest BCUT2D eigenvalue weighted by Gasteiger charge is 2.25. The molecule has 1 aromatic carbocycles. The van der Waals surface area contributed by atoms with E-state index in [9.17, 15) is 9.90 Å². The molecule has 3 N–H and O–H groups in total. The number of amides is 2. The lowest BCUT2D eigenvalue weighted by atomic mass is 9.93. The normalized spacial score (nSPS) is 13.9. The van der Waals surface area contributed by atoms with E-state index < -0.39 is 5.60 Å². The first-order valence-corrected chi connectivity index (χ1v) is 7.13. The van der Waals surface area contributed by atoms with Gasteiger partial charge in [0.05, 0.1) is 5.60 Å². The molecule has 0 heterocycles. The van der Waals surface area contributed by atoms with Crippen molar-refractivity contribution in [3.8, 4) is 0 Å². The second-order valence-corrected chi connectivity index (χ2v) is 5.78. The Labute approximate surface area is 121 Å². The van der Waals surface area contributed by atoms with Gasteiger partial charge in [-0.1, -0.05) is 39.0 Å². The fourth-order valence-corrected chi connectivity index (χ4v) is 1.82. The number of rotatable bonds is 5. The van der Waals surface area contributed by atoms with Crippen LogP contribution < -0.4 is 10.6 Å². The van der Waals surface area contributed by atoms with Crippen LogP contribution in [0.5, 0.6) is 0 Å². The summed E-state index contributed by atoms with van der Waals surface area (Å²) in [4.78, 5) is 12.0. The zero-order chi connectivity index (χ0) is 15.3. The standard InChI is InChI=1S/C16H26N2O2/c1-6-13-9-7-8-12(4)14(13)18-15(19)17-10-16(5,20)11(2)3/h7-9,11,20H,6,10H2,1-5H3,(H2,17,18,19). The molecule has 0 bridgehead atoms. The summed E-state index contributed by atoms with van der Waals surface area (Å²) in [6.45, 7) is 9.83. The van der Waals surface area contributed by atoms with Crippen molar-refractivity contribution in [1.29, 1.82) is 0 Å². The molecule has 112 valence electrons. The van der Waals surface area contributed by atoms with Crippen LogP contribution in [0.1, 0.15) is 38.8 Å². The highest BCUT2D eigenvalue weighted by molar-refractivity contribution is 5.91. The summed E-state index contributed by atoms with van der Waals surface area (Å²) in [5.41, 5.74) is 2.10. The Morgan fingerprint density at radius 3 is 2.60 bits per heavy atom. The summed E-state index contributed by atoms with van der Waals surface area (Å²) in [5, 5.41) is 15.7. The Morgan fingerprint density at radius 2 is 2.05 bits per heavy atom. The molecule has 4 heteroatoms. The molecule has 0 aliphatic heterocycles. The van der Waals surface area contributed by atoms with Gasteiger partial charge in [0.15, 0.2) is 0 Å². The van der Waals surface area contributed by atoms with E-state index >= 15 is 0 Å². The molecule has 0 aromatic heterocycles. The molecule has 1 aromatic rings. The largest absolute Gasteiger partial charge is 0.388 e. The number of carbonyl (C=O) groups is 1. The van der Waals surface area contributed by atoms with Gasteiger partial charge >= 0.3 is 6.03 Å². The Kier molecular flexibility index (Phi) is 5.57. The van der Waals surface area contributed by atoms with E-state index in [1.165, 1.54) is 0 Å². The lowest BCUT2D eigenvalue weighted by Crippen LogP contribution is -2.45. The number of nitrogens with one attached hydrogen (secondary N) is 2. The number of hydrogen-bond donors (Lipinski definition) is 3. The summed E-state index contributed by atoms with van der Waals surface area (Å²) in [6, 6.07) is 5.68. The Hall–Kier alpha value is -1.55. The van der Waals surface area contributed by atoms with Gasteiger partial charge in [0.1, 0.15) is 0 Å². The maximum Gasteiger partial charge on any atom is 0.319 e. The second-order valence-electron chi connectivity index (χ2n) is 5.78. The fraction of sp³-hybridized carbons (Fsp3) is 0.562. The molecule has 1 atom stereocenters. The minimum atomic E-state index is -0.906. The lowest BCUT2D eigenvalue weighted by molar-refractivity contribution is 0.0170. The van der Waals surface area contributed by atoms with E-state index in [0.29, 0.717) is 0 Å². The second kappa shape index (κ2) is 6.75. The molecule has 0 radical (unpaired) electrons. The van der Waals surface area contributed by atoms with Crippen molar-refractivity contribution < 1.29 is 9.90 Å². The molecule has 0 saturated carbocycles. The van der Waals surface area contributed by atoms with Crippen LogP contribution in [0.3, 0.4) is 0 Å². The number of aryl methyl sites for hydroxylation is 2. The van der Waals surface area contributed by atoms with E-state index in [1.807, 2.05) is 39.0 Å². The minimum Gasteiger partial charge on any atom is -0.388 e. The van der Waals surface area contributed by atoms with Gasteiger partial charge in [-0.2, -0.15) is 0 Å². The first-order valence-electron chi connectivity index (χ1n) is 7.13. The summed E-state index contributed by atoms with van der Waals surface area (Å²) in [7, 11) is 0. The van der Waals surface area contributed by atoms with Crippen molar-refractivity contribution in [3.05, 3.63) is 29.3 Å². The number of benzene rings is 1. The van der Waals surface area contributed by atoms with Gasteiger partial charge < -0.3 is 15.7 Å². The van der Waals surface area contributed by atoms with Gasteiger partial charge in [0, 0.05) is 12.2 Å². The fourth-order valence-electron chi connectivity index (χ4n) is 1.82. The number of hydrogen-bond acceptors (Lipinski definition) is 2. The number of para-hydroxylation sites is 1. The van der Waals surface area contributed by atoms with Crippen LogP contribution in [0.15, 0.2) is 18.2 Å². The van der Waals surface area contributed by atoms with Crippen LogP contribution in [0.25, 0.3) is 0 Å².